The van der Waals surface area contributed by atoms with Crippen LogP contribution in [0, 0.1) is 6.92 Å². The molecule has 1 saturated heterocycles. The van der Waals surface area contributed by atoms with Crippen molar-refractivity contribution >= 4 is 27.4 Å². The Kier molecular flexibility index (Phi) is 5.84. The Morgan fingerprint density at radius 3 is 2.61 bits per heavy atom. The fourth-order valence-electron chi connectivity index (χ4n) is 2.63. The highest BCUT2D eigenvalue weighted by Gasteiger charge is 2.16. The van der Waals surface area contributed by atoms with E-state index in [1.54, 1.807) is 0 Å². The number of nitrogens with one attached hydrogen (secondary N) is 3. The Labute approximate surface area is 137 Å². The van der Waals surface area contributed by atoms with E-state index in [0.29, 0.717) is 0 Å². The molecule has 0 unspecified atom stereocenters. The maximum atomic E-state index is 11.9. The Bertz CT molecular complexity index is 655. The van der Waals surface area contributed by atoms with Gasteiger partial charge in [0.15, 0.2) is 0 Å². The van der Waals surface area contributed by atoms with Crippen LogP contribution in [-0.2, 0) is 10.0 Å². The summed E-state index contributed by atoms with van der Waals surface area (Å²) in [4.78, 5) is 14.2. The fraction of sp³-hybridized carbons (Fsp3) is 0.533. The molecule has 1 heterocycles. The van der Waals surface area contributed by atoms with Gasteiger partial charge in [-0.3, -0.25) is 0 Å². The first-order valence-electron chi connectivity index (χ1n) is 7.73. The molecular weight excluding hydrogens is 316 g/mol. The molecule has 0 radical (unpaired) electrons. The van der Waals surface area contributed by atoms with Gasteiger partial charge in [-0.1, -0.05) is 6.07 Å². The second-order valence-electron chi connectivity index (χ2n) is 5.55. The normalized spacial score (nSPS) is 14.8. The van der Waals surface area contributed by atoms with E-state index in [-0.39, 0.29) is 12.3 Å². The van der Waals surface area contributed by atoms with Gasteiger partial charge in [0.2, 0.25) is 10.0 Å². The molecule has 1 aliphatic heterocycles. The van der Waals surface area contributed by atoms with Crippen LogP contribution in [0.2, 0.25) is 0 Å². The lowest BCUT2D eigenvalue weighted by Gasteiger charge is -2.22. The predicted molar refractivity (Wildman–Crippen MR) is 92.5 cm³/mol. The van der Waals surface area contributed by atoms with E-state index in [9.17, 15) is 13.2 Å². The van der Waals surface area contributed by atoms with Crippen molar-refractivity contribution in [3.05, 3.63) is 23.8 Å². The average Bonchev–Trinajstić information content (AvgIpc) is 3.03. The highest BCUT2D eigenvalue weighted by atomic mass is 32.2. The highest BCUT2D eigenvalue weighted by molar-refractivity contribution is 7.89. The second kappa shape index (κ2) is 7.65. The third-order valence-corrected chi connectivity index (χ3v) is 5.33. The van der Waals surface area contributed by atoms with Gasteiger partial charge in [0, 0.05) is 31.0 Å². The van der Waals surface area contributed by atoms with Crippen molar-refractivity contribution in [2.24, 2.45) is 0 Å². The number of benzene rings is 1. The van der Waals surface area contributed by atoms with E-state index in [4.69, 9.17) is 0 Å². The van der Waals surface area contributed by atoms with Crippen molar-refractivity contribution in [2.75, 3.05) is 42.7 Å². The molecule has 0 bridgehead atoms. The van der Waals surface area contributed by atoms with Crippen LogP contribution in [0.5, 0.6) is 0 Å². The molecule has 0 saturated carbocycles. The molecular formula is C15H24N4O3S. The van der Waals surface area contributed by atoms with Gasteiger partial charge in [-0.2, -0.15) is 0 Å². The lowest BCUT2D eigenvalue weighted by atomic mass is 10.1. The van der Waals surface area contributed by atoms with Gasteiger partial charge in [0.1, 0.15) is 0 Å². The summed E-state index contributed by atoms with van der Waals surface area (Å²) in [6, 6.07) is 5.42. The van der Waals surface area contributed by atoms with Crippen LogP contribution < -0.4 is 20.3 Å². The molecule has 2 amide bonds. The summed E-state index contributed by atoms with van der Waals surface area (Å²) in [6.45, 7) is 4.12. The van der Waals surface area contributed by atoms with Gasteiger partial charge < -0.3 is 15.5 Å². The maximum Gasteiger partial charge on any atom is 0.319 e. The van der Waals surface area contributed by atoms with Gasteiger partial charge >= 0.3 is 6.03 Å². The van der Waals surface area contributed by atoms with Crippen LogP contribution in [0.1, 0.15) is 18.4 Å². The SMILES string of the molecule is CNS(=O)(=O)CCNC(=O)Nc1cccc(N2CCCC2)c1C. The van der Waals surface area contributed by atoms with Gasteiger partial charge in [-0.25, -0.2) is 17.9 Å². The minimum absolute atomic E-state index is 0.0554. The largest absolute Gasteiger partial charge is 0.371 e. The van der Waals surface area contributed by atoms with E-state index in [1.807, 2.05) is 19.1 Å². The van der Waals surface area contributed by atoms with Crippen molar-refractivity contribution < 1.29 is 13.2 Å². The van der Waals surface area contributed by atoms with E-state index in [1.165, 1.54) is 19.9 Å². The van der Waals surface area contributed by atoms with E-state index >= 15 is 0 Å². The van der Waals surface area contributed by atoms with E-state index in [2.05, 4.69) is 26.3 Å². The number of carbonyl (C=O) groups excluding carboxylic acids is 1. The first kappa shape index (κ1) is 17.6. The fourth-order valence-corrected chi connectivity index (χ4v) is 3.20. The molecule has 1 aromatic carbocycles. The predicted octanol–water partition coefficient (Wildman–Crippen LogP) is 1.27. The molecule has 7 nitrogen and oxygen atoms in total. The molecule has 1 aromatic rings. The molecule has 1 fully saturated rings. The number of hydrogen-bond donors (Lipinski definition) is 3. The molecule has 1 aliphatic rings. The minimum Gasteiger partial charge on any atom is -0.371 e. The lowest BCUT2D eigenvalue weighted by Crippen LogP contribution is -2.35. The summed E-state index contributed by atoms with van der Waals surface area (Å²) < 4.78 is 24.8. The smallest absolute Gasteiger partial charge is 0.319 e. The van der Waals surface area contributed by atoms with Crippen molar-refractivity contribution in [1.82, 2.24) is 10.0 Å². The zero-order chi connectivity index (χ0) is 16.9. The molecule has 128 valence electrons. The summed E-state index contributed by atoms with van der Waals surface area (Å²) in [5.41, 5.74) is 2.90. The summed E-state index contributed by atoms with van der Waals surface area (Å²) in [5, 5.41) is 5.34. The number of hydrogen-bond acceptors (Lipinski definition) is 4. The number of urea groups is 1. The second-order valence-corrected chi connectivity index (χ2v) is 7.59. The third-order valence-electron chi connectivity index (χ3n) is 3.97. The molecule has 0 aromatic heterocycles. The third kappa shape index (κ3) is 4.84. The molecule has 0 spiro atoms. The molecule has 0 aliphatic carbocycles. The van der Waals surface area contributed by atoms with Gasteiger partial charge in [-0.15, -0.1) is 0 Å². The maximum absolute atomic E-state index is 11.9. The van der Waals surface area contributed by atoms with E-state index < -0.39 is 16.1 Å². The first-order chi connectivity index (χ1) is 10.9. The number of amides is 2. The zero-order valence-corrected chi connectivity index (χ0v) is 14.4. The Morgan fingerprint density at radius 2 is 1.96 bits per heavy atom. The molecule has 0 atom stereocenters. The lowest BCUT2D eigenvalue weighted by molar-refractivity contribution is 0.252. The molecule has 23 heavy (non-hydrogen) atoms. The Balaban J connectivity index is 1.94. The quantitative estimate of drug-likeness (QED) is 0.727. The van der Waals surface area contributed by atoms with Crippen LogP contribution in [-0.4, -0.2) is 46.9 Å². The van der Waals surface area contributed by atoms with Crippen LogP contribution in [0.4, 0.5) is 16.2 Å². The van der Waals surface area contributed by atoms with Gasteiger partial charge in [0.25, 0.3) is 0 Å². The molecule has 3 N–H and O–H groups in total. The van der Waals surface area contributed by atoms with Crippen molar-refractivity contribution in [3.8, 4) is 0 Å². The average molecular weight is 340 g/mol. The topological polar surface area (TPSA) is 90.5 Å². The number of sulfonamides is 1. The number of carbonyl (C=O) groups is 1. The van der Waals surface area contributed by atoms with Crippen molar-refractivity contribution in [1.29, 1.82) is 0 Å². The van der Waals surface area contributed by atoms with E-state index in [0.717, 1.165) is 30.0 Å². The summed E-state index contributed by atoms with van der Waals surface area (Å²) in [5.74, 6) is -0.149. The van der Waals surface area contributed by atoms with Crippen molar-refractivity contribution in [2.45, 2.75) is 19.8 Å². The van der Waals surface area contributed by atoms with Crippen LogP contribution in [0.25, 0.3) is 0 Å². The van der Waals surface area contributed by atoms with Crippen LogP contribution in [0.15, 0.2) is 18.2 Å². The standard InChI is InChI=1S/C15H24N4O3S/c1-12-13(6-5-7-14(12)19-9-3-4-10-19)18-15(20)17-8-11-23(21,22)16-2/h5-7,16H,3-4,8-11H2,1-2H3,(H2,17,18,20). The molecule has 8 heteroatoms. The zero-order valence-electron chi connectivity index (χ0n) is 13.6. The van der Waals surface area contributed by atoms with Crippen molar-refractivity contribution in [3.63, 3.8) is 0 Å². The first-order valence-corrected chi connectivity index (χ1v) is 9.39. The summed E-state index contributed by atoms with van der Waals surface area (Å²) >= 11 is 0. The summed E-state index contributed by atoms with van der Waals surface area (Å²) in [6.07, 6.45) is 2.38. The summed E-state index contributed by atoms with van der Waals surface area (Å²) in [7, 11) is -1.96. The molecule has 2 rings (SSSR count). The number of nitrogens with zero attached hydrogens (tertiary/aromatic N) is 1. The highest BCUT2D eigenvalue weighted by Crippen LogP contribution is 2.29. The van der Waals surface area contributed by atoms with Crippen LogP contribution in [0.3, 0.4) is 0 Å². The van der Waals surface area contributed by atoms with Crippen LogP contribution >= 0.6 is 0 Å². The number of rotatable bonds is 6. The number of anilines is 2. The van der Waals surface area contributed by atoms with Gasteiger partial charge in [-0.05, 0) is 44.5 Å². The Morgan fingerprint density at radius 1 is 1.26 bits per heavy atom. The minimum atomic E-state index is -3.31. The Hall–Kier alpha value is -1.80. The van der Waals surface area contributed by atoms with Gasteiger partial charge in [0.05, 0.1) is 5.75 Å². The monoisotopic (exact) mass is 340 g/mol.